The maximum Gasteiger partial charge on any atom is 0.0469 e. The van der Waals surface area contributed by atoms with E-state index >= 15 is 0 Å². The lowest BCUT2D eigenvalue weighted by Gasteiger charge is -2.27. The predicted octanol–water partition coefficient (Wildman–Crippen LogP) is 0.951. The van der Waals surface area contributed by atoms with E-state index in [1.165, 1.54) is 0 Å². The van der Waals surface area contributed by atoms with Crippen LogP contribution in [0.15, 0.2) is 0 Å². The topological polar surface area (TPSA) is 29.5 Å². The van der Waals surface area contributed by atoms with Crippen LogP contribution in [-0.2, 0) is 4.74 Å². The predicted molar refractivity (Wildman–Crippen MR) is 48.0 cm³/mol. The fourth-order valence-electron chi connectivity index (χ4n) is 1.54. The first-order valence-corrected chi connectivity index (χ1v) is 4.81. The molecule has 1 fully saturated rings. The molecular formula is C8H16O2S. The van der Waals surface area contributed by atoms with Gasteiger partial charge in [-0.15, -0.1) is 0 Å². The van der Waals surface area contributed by atoms with Gasteiger partial charge in [-0.25, -0.2) is 0 Å². The first-order chi connectivity index (χ1) is 5.38. The third kappa shape index (κ3) is 2.65. The molecular weight excluding hydrogens is 160 g/mol. The molecule has 3 heteroatoms. The maximum atomic E-state index is 8.99. The number of thiol groups is 1. The molecule has 66 valence electrons. The Balaban J connectivity index is 2.30. The van der Waals surface area contributed by atoms with Crippen LogP contribution in [0.2, 0.25) is 0 Å². The summed E-state index contributed by atoms with van der Waals surface area (Å²) in [5, 5.41) is 8.99. The molecule has 0 aliphatic carbocycles. The number of ether oxygens (including phenoxy) is 1. The summed E-state index contributed by atoms with van der Waals surface area (Å²) in [6.07, 6.45) is 2.18. The van der Waals surface area contributed by atoms with Crippen LogP contribution in [0.4, 0.5) is 0 Å². The van der Waals surface area contributed by atoms with Crippen molar-refractivity contribution in [3.05, 3.63) is 0 Å². The Hall–Kier alpha value is 0.270. The zero-order valence-corrected chi connectivity index (χ0v) is 7.59. The van der Waals surface area contributed by atoms with Crippen molar-refractivity contribution in [1.29, 1.82) is 0 Å². The largest absolute Gasteiger partial charge is 0.396 e. The van der Waals surface area contributed by atoms with E-state index in [2.05, 4.69) is 12.6 Å². The number of aliphatic hydroxyl groups excluding tert-OH is 1. The third-order valence-corrected chi connectivity index (χ3v) is 2.87. The summed E-state index contributed by atoms with van der Waals surface area (Å²) >= 11 is 4.21. The molecule has 2 nitrogen and oxygen atoms in total. The molecule has 0 amide bonds. The van der Waals surface area contributed by atoms with Crippen LogP contribution in [0.1, 0.15) is 12.8 Å². The summed E-state index contributed by atoms with van der Waals surface area (Å²) in [5.74, 6) is 1.80. The van der Waals surface area contributed by atoms with E-state index < -0.39 is 0 Å². The quantitative estimate of drug-likeness (QED) is 0.627. The molecule has 1 heterocycles. The molecule has 1 aliphatic rings. The number of aliphatic hydroxyl groups is 1. The second-order valence-electron chi connectivity index (χ2n) is 3.08. The van der Waals surface area contributed by atoms with Gasteiger partial charge in [-0.05, 0) is 30.4 Å². The van der Waals surface area contributed by atoms with Crippen molar-refractivity contribution < 1.29 is 9.84 Å². The molecule has 0 saturated carbocycles. The molecule has 1 aliphatic heterocycles. The first kappa shape index (κ1) is 9.36. The van der Waals surface area contributed by atoms with Crippen LogP contribution in [0, 0.1) is 11.8 Å². The van der Waals surface area contributed by atoms with Crippen LogP contribution >= 0.6 is 12.6 Å². The molecule has 0 aromatic rings. The lowest BCUT2D eigenvalue weighted by atomic mass is 9.88. The Morgan fingerprint density at radius 2 is 2.09 bits per heavy atom. The minimum absolute atomic E-state index is 0.272. The Morgan fingerprint density at radius 1 is 1.45 bits per heavy atom. The lowest BCUT2D eigenvalue weighted by Crippen LogP contribution is -2.26. The zero-order chi connectivity index (χ0) is 8.10. The normalized spacial score (nSPS) is 23.5. The summed E-state index contributed by atoms with van der Waals surface area (Å²) in [7, 11) is 0. The summed E-state index contributed by atoms with van der Waals surface area (Å²) < 4.78 is 5.23. The Kier molecular flexibility index (Phi) is 4.26. The minimum atomic E-state index is 0.272. The van der Waals surface area contributed by atoms with Gasteiger partial charge in [-0.1, -0.05) is 0 Å². The Labute approximate surface area is 73.4 Å². The average molecular weight is 176 g/mol. The average Bonchev–Trinajstić information content (AvgIpc) is 2.09. The second kappa shape index (κ2) is 5.01. The lowest BCUT2D eigenvalue weighted by molar-refractivity contribution is 0.0388. The van der Waals surface area contributed by atoms with Gasteiger partial charge in [0.1, 0.15) is 0 Å². The summed E-state index contributed by atoms with van der Waals surface area (Å²) in [6, 6.07) is 0. The van der Waals surface area contributed by atoms with Crippen LogP contribution in [0.3, 0.4) is 0 Å². The van der Waals surface area contributed by atoms with Crippen molar-refractivity contribution in [1.82, 2.24) is 0 Å². The molecule has 1 N–H and O–H groups in total. The van der Waals surface area contributed by atoms with Crippen molar-refractivity contribution in [3.8, 4) is 0 Å². The van der Waals surface area contributed by atoms with Gasteiger partial charge in [0.2, 0.25) is 0 Å². The number of rotatable bonds is 3. The SMILES string of the molecule is OCC(CS)C1CCOCC1. The summed E-state index contributed by atoms with van der Waals surface area (Å²) in [4.78, 5) is 0. The highest BCUT2D eigenvalue weighted by atomic mass is 32.1. The van der Waals surface area contributed by atoms with E-state index in [-0.39, 0.29) is 6.61 Å². The molecule has 0 aromatic carbocycles. The molecule has 1 atom stereocenters. The Bertz CT molecular complexity index is 98.3. The molecule has 1 saturated heterocycles. The third-order valence-electron chi connectivity index (χ3n) is 2.40. The van der Waals surface area contributed by atoms with Crippen LogP contribution in [0.25, 0.3) is 0 Å². The highest BCUT2D eigenvalue weighted by Crippen LogP contribution is 2.24. The molecule has 11 heavy (non-hydrogen) atoms. The van der Waals surface area contributed by atoms with E-state index in [1.807, 2.05) is 0 Å². The smallest absolute Gasteiger partial charge is 0.0469 e. The van der Waals surface area contributed by atoms with E-state index in [0.29, 0.717) is 11.8 Å². The minimum Gasteiger partial charge on any atom is -0.396 e. The Morgan fingerprint density at radius 3 is 2.55 bits per heavy atom. The highest BCUT2D eigenvalue weighted by Gasteiger charge is 2.21. The molecule has 1 rings (SSSR count). The van der Waals surface area contributed by atoms with E-state index in [1.54, 1.807) is 0 Å². The second-order valence-corrected chi connectivity index (χ2v) is 3.44. The zero-order valence-electron chi connectivity index (χ0n) is 6.70. The van der Waals surface area contributed by atoms with Crippen molar-refractivity contribution in [2.75, 3.05) is 25.6 Å². The fraction of sp³-hybridized carbons (Fsp3) is 1.00. The van der Waals surface area contributed by atoms with E-state index in [9.17, 15) is 0 Å². The molecule has 0 aromatic heterocycles. The molecule has 0 bridgehead atoms. The van der Waals surface area contributed by atoms with Crippen molar-refractivity contribution in [2.45, 2.75) is 12.8 Å². The van der Waals surface area contributed by atoms with Crippen LogP contribution in [0.5, 0.6) is 0 Å². The van der Waals surface area contributed by atoms with Crippen molar-refractivity contribution in [2.24, 2.45) is 11.8 Å². The van der Waals surface area contributed by atoms with Crippen LogP contribution < -0.4 is 0 Å². The van der Waals surface area contributed by atoms with E-state index in [4.69, 9.17) is 9.84 Å². The van der Waals surface area contributed by atoms with E-state index in [0.717, 1.165) is 31.8 Å². The fourth-order valence-corrected chi connectivity index (χ4v) is 1.96. The highest BCUT2D eigenvalue weighted by molar-refractivity contribution is 7.80. The molecule has 0 spiro atoms. The van der Waals surface area contributed by atoms with Gasteiger partial charge in [0.25, 0.3) is 0 Å². The van der Waals surface area contributed by atoms with Gasteiger partial charge < -0.3 is 9.84 Å². The van der Waals surface area contributed by atoms with Crippen LogP contribution in [-0.4, -0.2) is 30.7 Å². The first-order valence-electron chi connectivity index (χ1n) is 4.18. The van der Waals surface area contributed by atoms with Gasteiger partial charge in [0.15, 0.2) is 0 Å². The monoisotopic (exact) mass is 176 g/mol. The van der Waals surface area contributed by atoms with Gasteiger partial charge in [0.05, 0.1) is 0 Å². The summed E-state index contributed by atoms with van der Waals surface area (Å²) in [5.41, 5.74) is 0. The summed E-state index contributed by atoms with van der Waals surface area (Å²) in [6.45, 7) is 1.98. The molecule has 1 unspecified atom stereocenters. The number of hydrogen-bond donors (Lipinski definition) is 2. The van der Waals surface area contributed by atoms with Gasteiger partial charge in [-0.2, -0.15) is 12.6 Å². The van der Waals surface area contributed by atoms with Crippen molar-refractivity contribution in [3.63, 3.8) is 0 Å². The van der Waals surface area contributed by atoms with Gasteiger partial charge in [0, 0.05) is 19.8 Å². The van der Waals surface area contributed by atoms with Crippen molar-refractivity contribution >= 4 is 12.6 Å². The molecule has 0 radical (unpaired) electrons. The standard InChI is InChI=1S/C8H16O2S/c9-5-8(6-11)7-1-3-10-4-2-7/h7-9,11H,1-6H2. The maximum absolute atomic E-state index is 8.99. The van der Waals surface area contributed by atoms with Gasteiger partial charge in [-0.3, -0.25) is 0 Å². The van der Waals surface area contributed by atoms with Gasteiger partial charge >= 0.3 is 0 Å². The number of hydrogen-bond acceptors (Lipinski definition) is 3.